The van der Waals surface area contributed by atoms with Crippen LogP contribution in [0.2, 0.25) is 0 Å². The van der Waals surface area contributed by atoms with Gasteiger partial charge in [0.2, 0.25) is 5.88 Å². The lowest BCUT2D eigenvalue weighted by Gasteiger charge is -2.38. The van der Waals surface area contributed by atoms with E-state index in [4.69, 9.17) is 4.74 Å². The summed E-state index contributed by atoms with van der Waals surface area (Å²) in [6, 6.07) is 0. The van der Waals surface area contributed by atoms with Crippen molar-refractivity contribution >= 4 is 0 Å². The summed E-state index contributed by atoms with van der Waals surface area (Å²) in [5, 5.41) is 3.33. The molecule has 0 aromatic carbocycles. The Kier molecular flexibility index (Phi) is 5.57. The van der Waals surface area contributed by atoms with Crippen LogP contribution in [0.5, 0.6) is 5.88 Å². The molecule has 2 unspecified atom stereocenters. The minimum Gasteiger partial charge on any atom is -0.473 e. The third-order valence-electron chi connectivity index (χ3n) is 4.05. The maximum Gasteiger partial charge on any atom is 0.232 e. The second kappa shape index (κ2) is 7.21. The highest BCUT2D eigenvalue weighted by atomic mass is 16.5. The molecule has 0 aliphatic heterocycles. The van der Waals surface area contributed by atoms with Gasteiger partial charge < -0.3 is 10.1 Å². The molecule has 1 aromatic rings. The van der Waals surface area contributed by atoms with Crippen molar-refractivity contribution < 1.29 is 4.74 Å². The molecule has 0 amide bonds. The molecule has 1 aliphatic carbocycles. The smallest absolute Gasteiger partial charge is 0.232 e. The second-order valence-corrected chi connectivity index (χ2v) is 7.18. The summed E-state index contributed by atoms with van der Waals surface area (Å²) in [6.07, 6.45) is 8.46. The summed E-state index contributed by atoms with van der Waals surface area (Å²) in [7, 11) is 0. The molecule has 1 aliphatic rings. The van der Waals surface area contributed by atoms with Crippen LogP contribution < -0.4 is 10.1 Å². The van der Waals surface area contributed by atoms with E-state index in [1.165, 1.54) is 6.42 Å². The van der Waals surface area contributed by atoms with Gasteiger partial charge in [0, 0.05) is 6.54 Å². The van der Waals surface area contributed by atoms with E-state index < -0.39 is 0 Å². The number of nitrogens with zero attached hydrogens (tertiary/aromatic N) is 2. The number of hydrogen-bond acceptors (Lipinski definition) is 4. The van der Waals surface area contributed by atoms with Crippen molar-refractivity contribution in [3.63, 3.8) is 0 Å². The Labute approximate surface area is 128 Å². The molecule has 0 spiro atoms. The first kappa shape index (κ1) is 16.2. The van der Waals surface area contributed by atoms with Crippen molar-refractivity contribution in [3.05, 3.63) is 18.1 Å². The van der Waals surface area contributed by atoms with Gasteiger partial charge in [-0.3, -0.25) is 4.98 Å². The zero-order chi connectivity index (χ0) is 15.3. The van der Waals surface area contributed by atoms with Crippen LogP contribution in [-0.2, 0) is 6.54 Å². The van der Waals surface area contributed by atoms with Crippen molar-refractivity contribution in [2.45, 2.75) is 66.0 Å². The van der Waals surface area contributed by atoms with E-state index in [-0.39, 0.29) is 6.10 Å². The topological polar surface area (TPSA) is 47.0 Å². The summed E-state index contributed by atoms with van der Waals surface area (Å²) >= 11 is 0. The monoisotopic (exact) mass is 291 g/mol. The average Bonchev–Trinajstić information content (AvgIpc) is 2.38. The van der Waals surface area contributed by atoms with Crippen LogP contribution >= 0.6 is 0 Å². The zero-order valence-corrected chi connectivity index (χ0v) is 13.9. The molecule has 0 radical (unpaired) electrons. The summed E-state index contributed by atoms with van der Waals surface area (Å²) < 4.78 is 6.05. The van der Waals surface area contributed by atoms with E-state index in [2.05, 4.69) is 43.0 Å². The molecule has 1 aromatic heterocycles. The fourth-order valence-electron chi connectivity index (χ4n) is 3.41. The molecule has 1 fully saturated rings. The Balaban J connectivity index is 1.88. The van der Waals surface area contributed by atoms with Gasteiger partial charge in [-0.05, 0) is 43.6 Å². The van der Waals surface area contributed by atoms with Crippen molar-refractivity contribution in [2.75, 3.05) is 6.54 Å². The van der Waals surface area contributed by atoms with Gasteiger partial charge in [0.25, 0.3) is 0 Å². The van der Waals surface area contributed by atoms with E-state index >= 15 is 0 Å². The summed E-state index contributed by atoms with van der Waals surface area (Å²) in [4.78, 5) is 8.82. The molecule has 4 heteroatoms. The molecule has 1 N–H and O–H groups in total. The largest absolute Gasteiger partial charge is 0.473 e. The van der Waals surface area contributed by atoms with Gasteiger partial charge in [-0.2, -0.15) is 0 Å². The van der Waals surface area contributed by atoms with E-state index in [1.54, 1.807) is 6.20 Å². The first-order valence-electron chi connectivity index (χ1n) is 8.17. The van der Waals surface area contributed by atoms with Gasteiger partial charge in [-0.15, -0.1) is 0 Å². The highest BCUT2D eigenvalue weighted by Gasteiger charge is 2.33. The van der Waals surface area contributed by atoms with E-state index in [0.29, 0.717) is 17.2 Å². The third-order valence-corrected chi connectivity index (χ3v) is 4.05. The molecule has 2 atom stereocenters. The van der Waals surface area contributed by atoms with Crippen LogP contribution in [0.25, 0.3) is 0 Å². The first-order valence-corrected chi connectivity index (χ1v) is 8.17. The van der Waals surface area contributed by atoms with Crippen LogP contribution in [0.3, 0.4) is 0 Å². The predicted molar refractivity (Wildman–Crippen MR) is 85.2 cm³/mol. The fourth-order valence-corrected chi connectivity index (χ4v) is 3.41. The van der Waals surface area contributed by atoms with Gasteiger partial charge in [-0.1, -0.05) is 27.7 Å². The van der Waals surface area contributed by atoms with Crippen LogP contribution in [0.1, 0.15) is 59.1 Å². The SMILES string of the molecule is CCCNCc1cnc(OC2CC(C)CC(C)(C)C2)cn1. The Hall–Kier alpha value is -1.16. The van der Waals surface area contributed by atoms with Crippen molar-refractivity contribution in [1.29, 1.82) is 0 Å². The maximum atomic E-state index is 6.05. The highest BCUT2D eigenvalue weighted by molar-refractivity contribution is 5.08. The second-order valence-electron chi connectivity index (χ2n) is 7.18. The minimum absolute atomic E-state index is 0.266. The quantitative estimate of drug-likeness (QED) is 0.814. The van der Waals surface area contributed by atoms with E-state index in [1.807, 2.05) is 6.20 Å². The van der Waals surface area contributed by atoms with Gasteiger partial charge >= 0.3 is 0 Å². The fraction of sp³-hybridized carbons (Fsp3) is 0.765. The first-order chi connectivity index (χ1) is 9.98. The lowest BCUT2D eigenvalue weighted by Crippen LogP contribution is -2.34. The molecule has 0 bridgehead atoms. The summed E-state index contributed by atoms with van der Waals surface area (Å²) in [5.41, 5.74) is 1.33. The lowest BCUT2D eigenvalue weighted by atomic mass is 9.71. The standard InChI is InChI=1S/C17H29N3O/c1-5-6-18-10-14-11-20-16(12-19-14)21-15-7-13(2)8-17(3,4)9-15/h11-13,15,18H,5-10H2,1-4H3. The van der Waals surface area contributed by atoms with Crippen LogP contribution in [0, 0.1) is 11.3 Å². The average molecular weight is 291 g/mol. The number of hydrogen-bond donors (Lipinski definition) is 1. The molecule has 4 nitrogen and oxygen atoms in total. The molecule has 0 saturated heterocycles. The Morgan fingerprint density at radius 2 is 2.10 bits per heavy atom. The molecular weight excluding hydrogens is 262 g/mol. The molecule has 1 saturated carbocycles. The Morgan fingerprint density at radius 3 is 2.71 bits per heavy atom. The summed E-state index contributed by atoms with van der Waals surface area (Å²) in [6.45, 7) is 10.9. The number of nitrogens with one attached hydrogen (secondary N) is 1. The van der Waals surface area contributed by atoms with Gasteiger partial charge in [0.05, 0.1) is 18.1 Å². The molecule has 21 heavy (non-hydrogen) atoms. The lowest BCUT2D eigenvalue weighted by molar-refractivity contribution is 0.0529. The van der Waals surface area contributed by atoms with E-state index in [9.17, 15) is 0 Å². The van der Waals surface area contributed by atoms with Crippen LogP contribution in [0.15, 0.2) is 12.4 Å². The normalized spacial score (nSPS) is 24.8. The summed E-state index contributed by atoms with van der Waals surface area (Å²) in [5.74, 6) is 1.37. The highest BCUT2D eigenvalue weighted by Crippen LogP contribution is 2.39. The van der Waals surface area contributed by atoms with Crippen molar-refractivity contribution in [2.24, 2.45) is 11.3 Å². The third kappa shape index (κ3) is 5.27. The predicted octanol–water partition coefficient (Wildman–Crippen LogP) is 3.57. The molecular formula is C17H29N3O. The Morgan fingerprint density at radius 1 is 1.29 bits per heavy atom. The van der Waals surface area contributed by atoms with E-state index in [0.717, 1.165) is 38.0 Å². The number of ether oxygens (including phenoxy) is 1. The Bertz CT molecular complexity index is 430. The number of aromatic nitrogens is 2. The molecule has 1 heterocycles. The van der Waals surface area contributed by atoms with Gasteiger partial charge in [-0.25, -0.2) is 4.98 Å². The van der Waals surface area contributed by atoms with Gasteiger partial charge in [0.15, 0.2) is 0 Å². The van der Waals surface area contributed by atoms with Gasteiger partial charge in [0.1, 0.15) is 6.10 Å². The maximum absolute atomic E-state index is 6.05. The van der Waals surface area contributed by atoms with Crippen LogP contribution in [-0.4, -0.2) is 22.6 Å². The van der Waals surface area contributed by atoms with Crippen molar-refractivity contribution in [1.82, 2.24) is 15.3 Å². The van der Waals surface area contributed by atoms with Crippen molar-refractivity contribution in [3.8, 4) is 5.88 Å². The number of rotatable bonds is 6. The molecule has 2 rings (SSSR count). The molecule has 118 valence electrons. The van der Waals surface area contributed by atoms with Crippen LogP contribution in [0.4, 0.5) is 0 Å². The minimum atomic E-state index is 0.266. The zero-order valence-electron chi connectivity index (χ0n) is 13.9.